The molecule has 0 aliphatic carbocycles. The minimum Gasteiger partial charge on any atom is -0.490 e. The van der Waals surface area contributed by atoms with Gasteiger partial charge >= 0.3 is 0 Å². The van der Waals surface area contributed by atoms with E-state index in [1.807, 2.05) is 25.2 Å². The van der Waals surface area contributed by atoms with Crippen LogP contribution >= 0.6 is 24.0 Å². The molecule has 1 N–H and O–H groups in total. The second kappa shape index (κ2) is 9.89. The van der Waals surface area contributed by atoms with Gasteiger partial charge in [0.2, 0.25) is 5.91 Å². The van der Waals surface area contributed by atoms with E-state index in [0.29, 0.717) is 36.9 Å². The Labute approximate surface area is 125 Å². The summed E-state index contributed by atoms with van der Waals surface area (Å²) >= 11 is 5.96. The molecule has 0 atom stereocenters. The third kappa shape index (κ3) is 6.66. The Morgan fingerprint density at radius 2 is 2.11 bits per heavy atom. The molecular formula is C13H20Cl2N2O2. The Morgan fingerprint density at radius 1 is 1.42 bits per heavy atom. The number of hydrogen-bond donors (Lipinski definition) is 1. The van der Waals surface area contributed by atoms with Crippen LogP contribution in [-0.4, -0.2) is 44.6 Å². The molecule has 4 nitrogen and oxygen atoms in total. The van der Waals surface area contributed by atoms with Crippen LogP contribution in [0.15, 0.2) is 24.3 Å². The molecule has 0 spiro atoms. The minimum absolute atomic E-state index is 0. The summed E-state index contributed by atoms with van der Waals surface area (Å²) in [4.78, 5) is 13.3. The number of carbonyl (C=O) groups excluding carboxylic acids is 1. The SMILES string of the molecule is CNCCC(=O)N(C)CCOc1ccccc1Cl.Cl. The van der Waals surface area contributed by atoms with Gasteiger partial charge in [-0.1, -0.05) is 23.7 Å². The van der Waals surface area contributed by atoms with Crippen LogP contribution in [0.3, 0.4) is 0 Å². The van der Waals surface area contributed by atoms with Crippen LogP contribution in [0.25, 0.3) is 0 Å². The number of para-hydroxylation sites is 1. The molecule has 0 heterocycles. The van der Waals surface area contributed by atoms with Crippen molar-refractivity contribution in [3.63, 3.8) is 0 Å². The Balaban J connectivity index is 0.00000324. The number of carbonyl (C=O) groups is 1. The summed E-state index contributed by atoms with van der Waals surface area (Å²) in [6.07, 6.45) is 0.499. The summed E-state index contributed by atoms with van der Waals surface area (Å²) in [5.41, 5.74) is 0. The van der Waals surface area contributed by atoms with Crippen molar-refractivity contribution in [3.05, 3.63) is 29.3 Å². The summed E-state index contributed by atoms with van der Waals surface area (Å²) < 4.78 is 5.52. The lowest BCUT2D eigenvalue weighted by molar-refractivity contribution is -0.130. The van der Waals surface area contributed by atoms with Gasteiger partial charge in [0.25, 0.3) is 0 Å². The van der Waals surface area contributed by atoms with Crippen molar-refractivity contribution in [3.8, 4) is 5.75 Å². The molecule has 0 aliphatic rings. The Bertz CT molecular complexity index is 389. The molecule has 108 valence electrons. The van der Waals surface area contributed by atoms with Crippen LogP contribution in [0, 0.1) is 0 Å². The average molecular weight is 307 g/mol. The fourth-order valence-electron chi connectivity index (χ4n) is 1.40. The van der Waals surface area contributed by atoms with Crippen molar-refractivity contribution in [2.24, 2.45) is 0 Å². The van der Waals surface area contributed by atoms with E-state index < -0.39 is 0 Å². The van der Waals surface area contributed by atoms with Crippen molar-refractivity contribution in [1.82, 2.24) is 10.2 Å². The zero-order valence-electron chi connectivity index (χ0n) is 11.2. The standard InChI is InChI=1S/C13H19ClN2O2.ClH/c1-15-8-7-13(17)16(2)9-10-18-12-6-4-3-5-11(12)14;/h3-6,15H,7-10H2,1-2H3;1H. The maximum atomic E-state index is 11.6. The number of amides is 1. The molecule has 0 fully saturated rings. The highest BCUT2D eigenvalue weighted by atomic mass is 35.5. The van der Waals surface area contributed by atoms with E-state index in [9.17, 15) is 4.79 Å². The van der Waals surface area contributed by atoms with Gasteiger partial charge in [-0.2, -0.15) is 0 Å². The molecular weight excluding hydrogens is 287 g/mol. The van der Waals surface area contributed by atoms with E-state index in [4.69, 9.17) is 16.3 Å². The fourth-order valence-corrected chi connectivity index (χ4v) is 1.59. The van der Waals surface area contributed by atoms with Crippen molar-refractivity contribution < 1.29 is 9.53 Å². The summed E-state index contributed by atoms with van der Waals surface area (Å²) in [5.74, 6) is 0.752. The number of ether oxygens (including phenoxy) is 1. The smallest absolute Gasteiger partial charge is 0.223 e. The first-order valence-electron chi connectivity index (χ1n) is 5.91. The first-order chi connectivity index (χ1) is 8.65. The van der Waals surface area contributed by atoms with Crippen LogP contribution in [0.2, 0.25) is 5.02 Å². The van der Waals surface area contributed by atoms with E-state index in [1.54, 1.807) is 18.0 Å². The van der Waals surface area contributed by atoms with Gasteiger partial charge in [-0.05, 0) is 19.2 Å². The van der Waals surface area contributed by atoms with Crippen molar-refractivity contribution >= 4 is 29.9 Å². The molecule has 0 radical (unpaired) electrons. The zero-order chi connectivity index (χ0) is 13.4. The van der Waals surface area contributed by atoms with Crippen molar-refractivity contribution in [2.75, 3.05) is 33.8 Å². The number of rotatable bonds is 7. The number of likely N-dealkylation sites (N-methyl/N-ethyl adjacent to an activating group) is 1. The monoisotopic (exact) mass is 306 g/mol. The predicted molar refractivity (Wildman–Crippen MR) is 80.4 cm³/mol. The summed E-state index contributed by atoms with van der Waals surface area (Å²) in [7, 11) is 3.60. The molecule has 1 rings (SSSR count). The fraction of sp³-hybridized carbons (Fsp3) is 0.462. The van der Waals surface area contributed by atoms with Crippen LogP contribution in [-0.2, 0) is 4.79 Å². The van der Waals surface area contributed by atoms with Gasteiger partial charge in [-0.15, -0.1) is 12.4 Å². The summed E-state index contributed by atoms with van der Waals surface area (Å²) in [5, 5.41) is 3.53. The van der Waals surface area contributed by atoms with Gasteiger partial charge in [0, 0.05) is 20.0 Å². The van der Waals surface area contributed by atoms with Crippen molar-refractivity contribution in [2.45, 2.75) is 6.42 Å². The summed E-state index contributed by atoms with van der Waals surface area (Å²) in [6, 6.07) is 7.30. The van der Waals surface area contributed by atoms with Gasteiger partial charge < -0.3 is 15.0 Å². The van der Waals surface area contributed by atoms with Gasteiger partial charge in [-0.3, -0.25) is 4.79 Å². The topological polar surface area (TPSA) is 41.6 Å². The Morgan fingerprint density at radius 3 is 2.74 bits per heavy atom. The molecule has 6 heteroatoms. The van der Waals surface area contributed by atoms with Crippen LogP contribution in [0.1, 0.15) is 6.42 Å². The molecule has 0 saturated carbocycles. The average Bonchev–Trinajstić information content (AvgIpc) is 2.38. The van der Waals surface area contributed by atoms with Crippen LogP contribution in [0.5, 0.6) is 5.75 Å². The second-order valence-electron chi connectivity index (χ2n) is 3.95. The molecule has 1 amide bonds. The largest absolute Gasteiger partial charge is 0.490 e. The normalized spacial score (nSPS) is 9.63. The maximum Gasteiger partial charge on any atom is 0.223 e. The quantitative estimate of drug-likeness (QED) is 0.840. The van der Waals surface area contributed by atoms with Gasteiger partial charge in [0.1, 0.15) is 12.4 Å². The van der Waals surface area contributed by atoms with Crippen molar-refractivity contribution in [1.29, 1.82) is 0 Å². The molecule has 19 heavy (non-hydrogen) atoms. The number of hydrogen-bond acceptors (Lipinski definition) is 3. The minimum atomic E-state index is 0. The zero-order valence-corrected chi connectivity index (χ0v) is 12.8. The van der Waals surface area contributed by atoms with Crippen LogP contribution < -0.4 is 10.1 Å². The Kier molecular flexibility index (Phi) is 9.39. The molecule has 0 saturated heterocycles. The third-order valence-corrected chi connectivity index (χ3v) is 2.85. The molecule has 1 aromatic carbocycles. The Hall–Kier alpha value is -0.970. The molecule has 1 aromatic rings. The number of benzene rings is 1. The predicted octanol–water partition coefficient (Wildman–Crippen LogP) is 2.21. The van der Waals surface area contributed by atoms with Gasteiger partial charge in [-0.25, -0.2) is 0 Å². The lowest BCUT2D eigenvalue weighted by atomic mass is 10.3. The highest BCUT2D eigenvalue weighted by Gasteiger charge is 2.08. The molecule has 0 aliphatic heterocycles. The lowest BCUT2D eigenvalue weighted by Gasteiger charge is -2.17. The second-order valence-corrected chi connectivity index (χ2v) is 4.35. The van der Waals surface area contributed by atoms with Gasteiger partial charge in [0.05, 0.1) is 11.6 Å². The van der Waals surface area contributed by atoms with E-state index in [2.05, 4.69) is 5.32 Å². The lowest BCUT2D eigenvalue weighted by Crippen LogP contribution is -2.32. The van der Waals surface area contributed by atoms with Crippen LogP contribution in [0.4, 0.5) is 0 Å². The highest BCUT2D eigenvalue weighted by Crippen LogP contribution is 2.22. The van der Waals surface area contributed by atoms with Gasteiger partial charge in [0.15, 0.2) is 0 Å². The summed E-state index contributed by atoms with van der Waals surface area (Å²) in [6.45, 7) is 1.67. The number of nitrogens with zero attached hydrogens (tertiary/aromatic N) is 1. The number of nitrogens with one attached hydrogen (secondary N) is 1. The third-order valence-electron chi connectivity index (χ3n) is 2.54. The van der Waals surface area contributed by atoms with E-state index in [-0.39, 0.29) is 18.3 Å². The maximum absolute atomic E-state index is 11.6. The first-order valence-corrected chi connectivity index (χ1v) is 6.29. The molecule has 0 bridgehead atoms. The highest BCUT2D eigenvalue weighted by molar-refractivity contribution is 6.32. The molecule has 0 aromatic heterocycles. The first kappa shape index (κ1) is 18.0. The number of halogens is 2. The van der Waals surface area contributed by atoms with E-state index in [1.165, 1.54) is 0 Å². The molecule has 0 unspecified atom stereocenters. The van der Waals surface area contributed by atoms with E-state index in [0.717, 1.165) is 0 Å². The van der Waals surface area contributed by atoms with E-state index >= 15 is 0 Å².